The number of carbonyl (C=O) groups excluding carboxylic acids is 1. The number of likely N-dealkylation sites (N-methyl/N-ethyl adjacent to an activating group) is 2. The first-order valence-corrected chi connectivity index (χ1v) is 10.1. The molecule has 0 heterocycles. The highest BCUT2D eigenvalue weighted by Crippen LogP contribution is 2.30. The number of nitrogens with one attached hydrogen (secondary N) is 1. The number of rotatable bonds is 10. The lowest BCUT2D eigenvalue weighted by Crippen LogP contribution is -2.45. The minimum atomic E-state index is 0. The first-order chi connectivity index (χ1) is 13.1. The molecule has 0 spiro atoms. The summed E-state index contributed by atoms with van der Waals surface area (Å²) in [6.45, 7) is 9.85. The van der Waals surface area contributed by atoms with Crippen LogP contribution in [0.4, 0.5) is 0 Å². The highest BCUT2D eigenvalue weighted by molar-refractivity contribution is 14.0. The van der Waals surface area contributed by atoms with Gasteiger partial charge < -0.3 is 19.9 Å². The van der Waals surface area contributed by atoms with Crippen molar-refractivity contribution in [1.82, 2.24) is 15.1 Å². The normalized spacial score (nSPS) is 13.5. The molecule has 28 heavy (non-hydrogen) atoms. The van der Waals surface area contributed by atoms with E-state index >= 15 is 0 Å². The summed E-state index contributed by atoms with van der Waals surface area (Å²) in [7, 11) is 1.90. The number of nitrogens with zero attached hydrogens (tertiary/aromatic N) is 3. The zero-order chi connectivity index (χ0) is 19.6. The van der Waals surface area contributed by atoms with Crippen LogP contribution in [0.15, 0.2) is 29.3 Å². The maximum atomic E-state index is 12.4. The summed E-state index contributed by atoms with van der Waals surface area (Å²) in [5.41, 5.74) is 1.07. The molecule has 1 saturated carbocycles. The fraction of sp³-hybridized carbons (Fsp3) is 0.619. The number of para-hydroxylation sites is 1. The average Bonchev–Trinajstić information content (AvgIpc) is 3.49. The van der Waals surface area contributed by atoms with E-state index in [1.807, 2.05) is 55.8 Å². The van der Waals surface area contributed by atoms with Crippen LogP contribution < -0.4 is 10.1 Å². The summed E-state index contributed by atoms with van der Waals surface area (Å²) in [5.74, 6) is 2.47. The SMILES string of the molecule is CCNC(=NCc1ccccc1OCC1CC1)N(C)CC(=O)N(CC)CC.I. The smallest absolute Gasteiger partial charge is 0.242 e. The van der Waals surface area contributed by atoms with Gasteiger partial charge in [-0.3, -0.25) is 4.79 Å². The Labute approximate surface area is 186 Å². The molecule has 0 bridgehead atoms. The summed E-state index contributed by atoms with van der Waals surface area (Å²) in [5, 5.41) is 3.28. The van der Waals surface area contributed by atoms with E-state index in [1.54, 1.807) is 0 Å². The number of halogens is 1. The zero-order valence-electron chi connectivity index (χ0n) is 17.6. The van der Waals surface area contributed by atoms with Crippen molar-refractivity contribution in [3.8, 4) is 5.75 Å². The molecular formula is C21H35IN4O2. The van der Waals surface area contributed by atoms with Gasteiger partial charge in [0.1, 0.15) is 5.75 Å². The molecule has 1 fully saturated rings. The van der Waals surface area contributed by atoms with Gasteiger partial charge in [-0.25, -0.2) is 4.99 Å². The quantitative estimate of drug-likeness (QED) is 0.303. The molecule has 7 heteroatoms. The zero-order valence-corrected chi connectivity index (χ0v) is 19.9. The van der Waals surface area contributed by atoms with Crippen LogP contribution in [0.2, 0.25) is 0 Å². The van der Waals surface area contributed by atoms with Gasteiger partial charge in [-0.15, -0.1) is 24.0 Å². The van der Waals surface area contributed by atoms with Gasteiger partial charge in [0.25, 0.3) is 0 Å². The van der Waals surface area contributed by atoms with E-state index in [4.69, 9.17) is 9.73 Å². The van der Waals surface area contributed by atoms with Crippen LogP contribution in [0.5, 0.6) is 5.75 Å². The Hall–Kier alpha value is -1.51. The number of hydrogen-bond acceptors (Lipinski definition) is 3. The van der Waals surface area contributed by atoms with E-state index in [0.717, 1.165) is 49.4 Å². The molecule has 1 amide bonds. The maximum Gasteiger partial charge on any atom is 0.242 e. The summed E-state index contributed by atoms with van der Waals surface area (Å²) in [6, 6.07) is 8.06. The predicted octanol–water partition coefficient (Wildman–Crippen LogP) is 3.36. The Morgan fingerprint density at radius 3 is 2.50 bits per heavy atom. The van der Waals surface area contributed by atoms with Crippen LogP contribution in [-0.2, 0) is 11.3 Å². The van der Waals surface area contributed by atoms with Gasteiger partial charge in [0.2, 0.25) is 5.91 Å². The van der Waals surface area contributed by atoms with Gasteiger partial charge in [-0.05, 0) is 45.6 Å². The molecule has 6 nitrogen and oxygen atoms in total. The minimum absolute atomic E-state index is 0. The first kappa shape index (κ1) is 24.5. The number of ether oxygens (including phenoxy) is 1. The second kappa shape index (κ2) is 12.9. The van der Waals surface area contributed by atoms with Crippen LogP contribution in [0.3, 0.4) is 0 Å². The first-order valence-electron chi connectivity index (χ1n) is 10.1. The van der Waals surface area contributed by atoms with E-state index in [1.165, 1.54) is 12.8 Å². The Bertz CT molecular complexity index is 631. The second-order valence-corrected chi connectivity index (χ2v) is 6.95. The Morgan fingerprint density at radius 2 is 1.89 bits per heavy atom. The number of amides is 1. The largest absolute Gasteiger partial charge is 0.493 e. The molecule has 1 aliphatic rings. The topological polar surface area (TPSA) is 57.2 Å². The molecule has 1 N–H and O–H groups in total. The number of hydrogen-bond donors (Lipinski definition) is 1. The molecule has 1 aromatic rings. The lowest BCUT2D eigenvalue weighted by atomic mass is 10.2. The van der Waals surface area contributed by atoms with Gasteiger partial charge >= 0.3 is 0 Å². The van der Waals surface area contributed by atoms with Crippen molar-refractivity contribution in [2.75, 3.05) is 39.8 Å². The predicted molar refractivity (Wildman–Crippen MR) is 125 cm³/mol. The average molecular weight is 502 g/mol. The molecular weight excluding hydrogens is 467 g/mol. The second-order valence-electron chi connectivity index (χ2n) is 6.95. The van der Waals surface area contributed by atoms with Gasteiger partial charge in [0.05, 0.1) is 19.7 Å². The number of guanidine groups is 1. The van der Waals surface area contributed by atoms with Crippen molar-refractivity contribution in [3.63, 3.8) is 0 Å². The lowest BCUT2D eigenvalue weighted by molar-refractivity contribution is -0.131. The molecule has 0 radical (unpaired) electrons. The molecule has 0 unspecified atom stereocenters. The molecule has 0 aliphatic heterocycles. The highest BCUT2D eigenvalue weighted by atomic mass is 127. The minimum Gasteiger partial charge on any atom is -0.493 e. The van der Waals surface area contributed by atoms with Crippen molar-refractivity contribution < 1.29 is 9.53 Å². The van der Waals surface area contributed by atoms with Crippen LogP contribution in [0.25, 0.3) is 0 Å². The standard InChI is InChI=1S/C21H34N4O2.HI/c1-5-22-21(24(4)15-20(26)25(6-2)7-3)23-14-18-10-8-9-11-19(18)27-16-17-12-13-17;/h8-11,17H,5-7,12-16H2,1-4H3,(H,22,23);1H. The van der Waals surface area contributed by atoms with Gasteiger partial charge in [0.15, 0.2) is 5.96 Å². The summed E-state index contributed by atoms with van der Waals surface area (Å²) >= 11 is 0. The van der Waals surface area contributed by atoms with Gasteiger partial charge in [0, 0.05) is 32.2 Å². The van der Waals surface area contributed by atoms with Crippen molar-refractivity contribution in [2.45, 2.75) is 40.2 Å². The Kier molecular flexibility index (Phi) is 11.3. The van der Waals surface area contributed by atoms with Gasteiger partial charge in [-0.2, -0.15) is 0 Å². The van der Waals surface area contributed by atoms with Crippen LogP contribution in [-0.4, -0.2) is 61.5 Å². The third-order valence-electron chi connectivity index (χ3n) is 4.73. The summed E-state index contributed by atoms with van der Waals surface area (Å²) in [6.07, 6.45) is 2.55. The third-order valence-corrected chi connectivity index (χ3v) is 4.73. The third kappa shape index (κ3) is 7.85. The van der Waals surface area contributed by atoms with Gasteiger partial charge in [-0.1, -0.05) is 18.2 Å². The van der Waals surface area contributed by atoms with Crippen LogP contribution in [0.1, 0.15) is 39.2 Å². The van der Waals surface area contributed by atoms with Crippen molar-refractivity contribution in [3.05, 3.63) is 29.8 Å². The van der Waals surface area contributed by atoms with Crippen molar-refractivity contribution >= 4 is 35.8 Å². The van der Waals surface area contributed by atoms with Crippen molar-refractivity contribution in [2.24, 2.45) is 10.9 Å². The lowest BCUT2D eigenvalue weighted by Gasteiger charge is -2.25. The molecule has 1 aromatic carbocycles. The summed E-state index contributed by atoms with van der Waals surface area (Å²) in [4.78, 5) is 20.8. The molecule has 0 aromatic heterocycles. The summed E-state index contributed by atoms with van der Waals surface area (Å²) < 4.78 is 5.97. The molecule has 2 rings (SSSR count). The molecule has 158 valence electrons. The number of aliphatic imine (C=N–C) groups is 1. The van der Waals surface area contributed by atoms with E-state index in [2.05, 4.69) is 11.4 Å². The molecule has 0 atom stereocenters. The Balaban J connectivity index is 0.00000392. The molecule has 0 saturated heterocycles. The fourth-order valence-corrected chi connectivity index (χ4v) is 2.85. The molecule has 1 aliphatic carbocycles. The van der Waals surface area contributed by atoms with Crippen LogP contribution in [0, 0.1) is 5.92 Å². The van der Waals surface area contributed by atoms with E-state index in [0.29, 0.717) is 13.1 Å². The van der Waals surface area contributed by atoms with E-state index in [9.17, 15) is 4.79 Å². The number of carbonyl (C=O) groups is 1. The Morgan fingerprint density at radius 1 is 1.21 bits per heavy atom. The van der Waals surface area contributed by atoms with Crippen molar-refractivity contribution in [1.29, 1.82) is 0 Å². The van der Waals surface area contributed by atoms with E-state index in [-0.39, 0.29) is 29.9 Å². The monoisotopic (exact) mass is 502 g/mol. The highest BCUT2D eigenvalue weighted by Gasteiger charge is 2.22. The maximum absolute atomic E-state index is 12.4. The number of benzene rings is 1. The fourth-order valence-electron chi connectivity index (χ4n) is 2.85. The van der Waals surface area contributed by atoms with E-state index < -0.39 is 0 Å². The van der Waals surface area contributed by atoms with Crippen LogP contribution >= 0.6 is 24.0 Å².